The van der Waals surface area contributed by atoms with Gasteiger partial charge in [0, 0.05) is 6.20 Å². The molecule has 2 aromatic rings. The summed E-state index contributed by atoms with van der Waals surface area (Å²) in [5.41, 5.74) is 0.432. The number of fused-ring (bicyclic) bond motifs is 2. The van der Waals surface area contributed by atoms with Gasteiger partial charge in [0.25, 0.3) is 0 Å². The first-order chi connectivity index (χ1) is 10.9. The molecule has 1 saturated heterocycles. The van der Waals surface area contributed by atoms with E-state index in [1.54, 1.807) is 16.9 Å². The van der Waals surface area contributed by atoms with Crippen LogP contribution in [0.5, 0.6) is 0 Å². The first kappa shape index (κ1) is 17.9. The molecule has 4 heterocycles. The van der Waals surface area contributed by atoms with Gasteiger partial charge in [-0.15, -0.1) is 11.3 Å². The van der Waals surface area contributed by atoms with Crippen LogP contribution in [-0.4, -0.2) is 43.4 Å². The fraction of sp³-hybridized carbons (Fsp3) is 0.357. The predicted octanol–water partition coefficient (Wildman–Crippen LogP) is -2.87. The van der Waals surface area contributed by atoms with E-state index in [2.05, 4.69) is 4.98 Å². The minimum Gasteiger partial charge on any atom is -0.543 e. The quantitative estimate of drug-likeness (QED) is 0.459. The molecular weight excluding hydrogens is 365 g/mol. The Labute approximate surface area is 167 Å². The van der Waals surface area contributed by atoms with E-state index in [1.807, 2.05) is 0 Å². The van der Waals surface area contributed by atoms with Crippen LogP contribution < -0.4 is 34.7 Å². The van der Waals surface area contributed by atoms with Crippen molar-refractivity contribution in [3.05, 3.63) is 28.3 Å². The van der Waals surface area contributed by atoms with Gasteiger partial charge in [-0.1, -0.05) is 11.6 Å². The van der Waals surface area contributed by atoms with Crippen LogP contribution in [0.1, 0.15) is 18.2 Å². The Kier molecular flexibility index (Phi) is 4.57. The molecule has 3 atom stereocenters. The Balaban J connectivity index is 0.00000169. The second-order valence-electron chi connectivity index (χ2n) is 5.70. The van der Waals surface area contributed by atoms with Crippen molar-refractivity contribution < 1.29 is 49.4 Å². The summed E-state index contributed by atoms with van der Waals surface area (Å²) in [6.07, 6.45) is 2.85. The number of carboxylic acids is 1. The van der Waals surface area contributed by atoms with E-state index in [1.165, 1.54) is 23.2 Å². The molecular formula is C14H11ClN3NaO4S. The summed E-state index contributed by atoms with van der Waals surface area (Å²) >= 11 is 7.30. The van der Waals surface area contributed by atoms with Crippen LogP contribution in [0.3, 0.4) is 0 Å². The number of aliphatic hydroxyl groups excluding tert-OH is 1. The Morgan fingerprint density at radius 1 is 1.58 bits per heavy atom. The molecule has 24 heavy (non-hydrogen) atoms. The fourth-order valence-corrected chi connectivity index (χ4v) is 4.67. The predicted molar refractivity (Wildman–Crippen MR) is 80.4 cm³/mol. The molecule has 0 unspecified atom stereocenters. The molecule has 2 aromatic heterocycles. The summed E-state index contributed by atoms with van der Waals surface area (Å²) in [5.74, 6) is -2.33. The van der Waals surface area contributed by atoms with Gasteiger partial charge in [0.2, 0.25) is 5.91 Å². The summed E-state index contributed by atoms with van der Waals surface area (Å²) < 4.78 is 1.71. The van der Waals surface area contributed by atoms with Crippen LogP contribution in [0.2, 0.25) is 5.15 Å². The zero-order valence-corrected chi connectivity index (χ0v) is 16.5. The first-order valence-electron chi connectivity index (χ1n) is 6.98. The number of hydrogen-bond donors (Lipinski definition) is 1. The molecule has 0 spiro atoms. The second-order valence-corrected chi connectivity index (χ2v) is 7.09. The third kappa shape index (κ3) is 2.36. The average molecular weight is 376 g/mol. The molecule has 10 heteroatoms. The van der Waals surface area contributed by atoms with Crippen molar-refractivity contribution in [2.75, 3.05) is 0 Å². The van der Waals surface area contributed by atoms with Crippen molar-refractivity contribution in [2.24, 2.45) is 5.92 Å². The third-order valence-corrected chi connectivity index (χ3v) is 5.95. The van der Waals surface area contributed by atoms with Gasteiger partial charge in [0.15, 0.2) is 5.15 Å². The molecule has 0 bridgehead atoms. The number of aliphatic carboxylic acids is 1. The molecule has 0 aliphatic carbocycles. The normalized spacial score (nSPS) is 24.0. The molecule has 1 fully saturated rings. The Morgan fingerprint density at radius 3 is 2.88 bits per heavy atom. The van der Waals surface area contributed by atoms with Crippen molar-refractivity contribution in [1.82, 2.24) is 14.3 Å². The molecule has 0 aromatic carbocycles. The van der Waals surface area contributed by atoms with Gasteiger partial charge < -0.3 is 19.9 Å². The number of aliphatic hydroxyl groups is 1. The molecule has 4 rings (SSSR count). The molecule has 1 amide bonds. The van der Waals surface area contributed by atoms with Crippen molar-refractivity contribution in [3.63, 3.8) is 0 Å². The number of carbonyl (C=O) groups excluding carboxylic acids is 2. The summed E-state index contributed by atoms with van der Waals surface area (Å²) in [6, 6.07) is -0.333. The largest absolute Gasteiger partial charge is 1.00 e. The van der Waals surface area contributed by atoms with Crippen molar-refractivity contribution in [3.8, 4) is 0 Å². The van der Waals surface area contributed by atoms with Crippen LogP contribution in [-0.2, 0) is 9.59 Å². The van der Waals surface area contributed by atoms with Gasteiger partial charge in [-0.3, -0.25) is 9.20 Å². The second kappa shape index (κ2) is 6.12. The van der Waals surface area contributed by atoms with Crippen molar-refractivity contribution in [1.29, 1.82) is 0 Å². The molecule has 1 N–H and O–H groups in total. The number of halogens is 1. The number of hydrogen-bond acceptors (Lipinski definition) is 6. The maximum absolute atomic E-state index is 12.2. The smallest absolute Gasteiger partial charge is 0.543 e. The van der Waals surface area contributed by atoms with Gasteiger partial charge in [-0.05, 0) is 18.9 Å². The minimum absolute atomic E-state index is 0. The maximum atomic E-state index is 12.2. The van der Waals surface area contributed by atoms with Crippen LogP contribution >= 0.6 is 22.9 Å². The van der Waals surface area contributed by atoms with Gasteiger partial charge in [0.05, 0.1) is 34.6 Å². The van der Waals surface area contributed by atoms with E-state index in [4.69, 9.17) is 11.6 Å². The topological polar surface area (TPSA) is 98.0 Å². The van der Waals surface area contributed by atoms with Crippen molar-refractivity contribution in [2.45, 2.75) is 25.5 Å². The third-order valence-electron chi connectivity index (χ3n) is 4.39. The fourth-order valence-electron chi connectivity index (χ4n) is 3.39. The van der Waals surface area contributed by atoms with E-state index < -0.39 is 18.0 Å². The molecule has 2 aliphatic heterocycles. The van der Waals surface area contributed by atoms with E-state index in [0.29, 0.717) is 26.9 Å². The van der Waals surface area contributed by atoms with Gasteiger partial charge in [-0.2, -0.15) is 0 Å². The summed E-state index contributed by atoms with van der Waals surface area (Å²) in [6.45, 7) is 1.54. The molecule has 7 nitrogen and oxygen atoms in total. The zero-order valence-electron chi connectivity index (χ0n) is 12.9. The standard InChI is InChI=1S/C14H12ClN3O4S.Na/c1-5(19)9-7-2-6(10(14(21)22)18(7)12(9)20)8-3-17-4-16-11(15)13(17)23-8;/h3-5,7,9,19H,2H2,1H3,(H,21,22);/q;+1/p-1/t5-,7-,9-;/m1./s1. The van der Waals surface area contributed by atoms with E-state index in [-0.39, 0.29) is 47.2 Å². The average Bonchev–Trinajstić information content (AvgIpc) is 3.10. The number of nitrogens with zero attached hydrogens (tertiary/aromatic N) is 3. The van der Waals surface area contributed by atoms with Crippen LogP contribution in [0.25, 0.3) is 10.4 Å². The monoisotopic (exact) mass is 375 g/mol. The number of imidazole rings is 1. The molecule has 0 radical (unpaired) electrons. The summed E-state index contributed by atoms with van der Waals surface area (Å²) in [5, 5.41) is 21.6. The van der Waals surface area contributed by atoms with Crippen molar-refractivity contribution >= 4 is 45.2 Å². The van der Waals surface area contributed by atoms with E-state index in [0.717, 1.165) is 0 Å². The number of amides is 1. The molecule has 120 valence electrons. The van der Waals surface area contributed by atoms with Crippen LogP contribution in [0, 0.1) is 5.92 Å². The number of carbonyl (C=O) groups is 2. The Hall–Kier alpha value is -0.900. The summed E-state index contributed by atoms with van der Waals surface area (Å²) in [7, 11) is 0. The maximum Gasteiger partial charge on any atom is 1.00 e. The number of aromatic nitrogens is 2. The SMILES string of the molecule is C[C@@H](O)[C@H]1C(=O)N2C(C(=O)[O-])=C(c3cn4cnc(Cl)c4s3)C[C@H]12.[Na+]. The number of β-lactam (4-membered cyclic amide) rings is 1. The van der Waals surface area contributed by atoms with Crippen LogP contribution in [0.4, 0.5) is 0 Å². The number of thiazole rings is 1. The van der Waals surface area contributed by atoms with Gasteiger partial charge >= 0.3 is 29.6 Å². The van der Waals surface area contributed by atoms with Gasteiger partial charge in [-0.25, -0.2) is 4.98 Å². The Bertz CT molecular complexity index is 890. The van der Waals surface area contributed by atoms with E-state index in [9.17, 15) is 19.8 Å². The molecule has 2 aliphatic rings. The first-order valence-corrected chi connectivity index (χ1v) is 8.17. The van der Waals surface area contributed by atoms with E-state index >= 15 is 0 Å². The molecule has 0 saturated carbocycles. The van der Waals surface area contributed by atoms with Gasteiger partial charge in [0.1, 0.15) is 11.2 Å². The number of rotatable bonds is 3. The zero-order chi connectivity index (χ0) is 16.5. The van der Waals surface area contributed by atoms with Crippen LogP contribution in [0.15, 0.2) is 18.2 Å². The number of carboxylic acid groups (broad SMARTS) is 1. The Morgan fingerprint density at radius 2 is 2.29 bits per heavy atom. The summed E-state index contributed by atoms with van der Waals surface area (Å²) in [4.78, 5) is 30.3. The minimum atomic E-state index is -1.39.